The van der Waals surface area contributed by atoms with Crippen molar-refractivity contribution in [2.75, 3.05) is 0 Å². The number of nitrogens with one attached hydrogen (secondary N) is 1. The number of ether oxygens (including phenoxy) is 1. The lowest BCUT2D eigenvalue weighted by atomic mass is 9.49. The van der Waals surface area contributed by atoms with Crippen molar-refractivity contribution in [1.82, 2.24) is 15.5 Å². The van der Waals surface area contributed by atoms with Gasteiger partial charge in [0.1, 0.15) is 11.9 Å². The van der Waals surface area contributed by atoms with Gasteiger partial charge in [-0.3, -0.25) is 4.79 Å². The van der Waals surface area contributed by atoms with Gasteiger partial charge in [-0.05, 0) is 55.2 Å². The van der Waals surface area contributed by atoms with Gasteiger partial charge in [0.15, 0.2) is 5.69 Å². The van der Waals surface area contributed by atoms with Crippen LogP contribution >= 0.6 is 0 Å². The molecule has 31 heavy (non-hydrogen) atoms. The Morgan fingerprint density at radius 2 is 1.71 bits per heavy atom. The molecule has 6 nitrogen and oxygen atoms in total. The third kappa shape index (κ3) is 4.01. The van der Waals surface area contributed by atoms with Gasteiger partial charge < -0.3 is 10.1 Å². The second kappa shape index (κ2) is 7.96. The average Bonchev–Trinajstić information content (AvgIpc) is 2.69. The van der Waals surface area contributed by atoms with Gasteiger partial charge in [-0.2, -0.15) is 10.4 Å². The molecule has 2 aromatic rings. The van der Waals surface area contributed by atoms with E-state index in [0.717, 1.165) is 22.6 Å². The summed E-state index contributed by atoms with van der Waals surface area (Å²) in [7, 11) is 0. The van der Waals surface area contributed by atoms with Gasteiger partial charge >= 0.3 is 0 Å². The Morgan fingerprint density at radius 1 is 1.13 bits per heavy atom. The standard InChI is InChI=1S/C25H32N4O2.H2/c1-14(2)19-9-10-20(29-28-19)21(30)27-22-24(5,6)23(25(22,7)8)31-17-11-15(3)18(13-26)16(4)12-17;/h9-12,14,22-23H,1-8H3,(H,27,30);1H. The Labute approximate surface area is 186 Å². The summed E-state index contributed by atoms with van der Waals surface area (Å²) in [5.74, 6) is 0.791. The molecule has 0 spiro atoms. The van der Waals surface area contributed by atoms with Crippen LogP contribution in [0.15, 0.2) is 24.3 Å². The zero-order valence-electron chi connectivity index (χ0n) is 19.7. The fourth-order valence-electron chi connectivity index (χ4n) is 5.08. The maximum Gasteiger partial charge on any atom is 0.272 e. The van der Waals surface area contributed by atoms with Crippen molar-refractivity contribution in [1.29, 1.82) is 5.26 Å². The minimum atomic E-state index is -0.291. The van der Waals surface area contributed by atoms with Gasteiger partial charge in [0.05, 0.1) is 17.3 Å². The average molecular weight is 423 g/mol. The van der Waals surface area contributed by atoms with Gasteiger partial charge in [-0.1, -0.05) is 41.5 Å². The molecule has 6 heteroatoms. The molecule has 1 aromatic heterocycles. The van der Waals surface area contributed by atoms with Gasteiger partial charge in [-0.25, -0.2) is 0 Å². The van der Waals surface area contributed by atoms with E-state index in [1.807, 2.05) is 45.9 Å². The number of aromatic nitrogens is 2. The number of benzene rings is 1. The highest BCUT2D eigenvalue weighted by Crippen LogP contribution is 2.55. The maximum absolute atomic E-state index is 12.8. The zero-order valence-corrected chi connectivity index (χ0v) is 19.7. The number of amides is 1. The number of nitriles is 1. The van der Waals surface area contributed by atoms with E-state index in [1.165, 1.54) is 0 Å². The molecule has 0 unspecified atom stereocenters. The number of carbonyl (C=O) groups is 1. The molecule has 1 heterocycles. The molecule has 0 saturated heterocycles. The summed E-state index contributed by atoms with van der Waals surface area (Å²) >= 11 is 0. The SMILES string of the molecule is Cc1cc(OC2C(C)(C)C(NC(=O)c3ccc(C(C)C)nn3)C2(C)C)cc(C)c1C#N.[HH]. The molecule has 1 saturated carbocycles. The maximum atomic E-state index is 12.8. The zero-order chi connectivity index (χ0) is 23.1. The van der Waals surface area contributed by atoms with Crippen molar-refractivity contribution in [3.8, 4) is 11.8 Å². The van der Waals surface area contributed by atoms with Crippen LogP contribution in [0.5, 0.6) is 5.75 Å². The summed E-state index contributed by atoms with van der Waals surface area (Å²) in [6.07, 6.45) is -0.105. The van der Waals surface area contributed by atoms with E-state index in [-0.39, 0.29) is 36.2 Å². The highest BCUT2D eigenvalue weighted by Gasteiger charge is 2.64. The Bertz CT molecular complexity index is 1000. The first-order chi connectivity index (χ1) is 14.4. The van der Waals surface area contributed by atoms with E-state index in [4.69, 9.17) is 4.74 Å². The van der Waals surface area contributed by atoms with Gasteiger partial charge in [0.2, 0.25) is 0 Å². The van der Waals surface area contributed by atoms with E-state index in [2.05, 4.69) is 49.3 Å². The fraction of sp³-hybridized carbons (Fsp3) is 0.520. The van der Waals surface area contributed by atoms with Crippen LogP contribution in [0.2, 0.25) is 0 Å². The molecule has 1 fully saturated rings. The van der Waals surface area contributed by atoms with Crippen LogP contribution in [0.3, 0.4) is 0 Å². The minimum absolute atomic E-state index is 0. The number of nitrogens with zero attached hydrogens (tertiary/aromatic N) is 3. The predicted octanol–water partition coefficient (Wildman–Crippen LogP) is 4.95. The quantitative estimate of drug-likeness (QED) is 0.737. The van der Waals surface area contributed by atoms with Crippen molar-refractivity contribution in [3.63, 3.8) is 0 Å². The Morgan fingerprint density at radius 3 is 2.16 bits per heavy atom. The molecule has 166 valence electrons. The van der Waals surface area contributed by atoms with Crippen LogP contribution in [-0.4, -0.2) is 28.3 Å². The number of aryl methyl sites for hydroxylation is 2. The highest BCUT2D eigenvalue weighted by molar-refractivity contribution is 5.92. The number of hydrogen-bond acceptors (Lipinski definition) is 5. The summed E-state index contributed by atoms with van der Waals surface area (Å²) < 4.78 is 6.41. The number of rotatable bonds is 5. The Balaban J connectivity index is 0.00000363. The number of carbonyl (C=O) groups excluding carboxylic acids is 1. The predicted molar refractivity (Wildman–Crippen MR) is 122 cm³/mol. The molecule has 0 bridgehead atoms. The van der Waals surface area contributed by atoms with Gasteiger partial charge in [-0.15, -0.1) is 5.10 Å². The first kappa shape index (κ1) is 22.7. The molecule has 1 aliphatic rings. The molecular weight excluding hydrogens is 388 g/mol. The van der Waals surface area contributed by atoms with E-state index >= 15 is 0 Å². The lowest BCUT2D eigenvalue weighted by Crippen LogP contribution is -2.74. The molecule has 1 amide bonds. The van der Waals surface area contributed by atoms with Crippen molar-refractivity contribution in [2.24, 2.45) is 10.8 Å². The van der Waals surface area contributed by atoms with Crippen molar-refractivity contribution >= 4 is 5.91 Å². The fourth-order valence-corrected chi connectivity index (χ4v) is 5.08. The van der Waals surface area contributed by atoms with Gasteiger partial charge in [0.25, 0.3) is 5.91 Å². The molecule has 0 radical (unpaired) electrons. The first-order valence-electron chi connectivity index (χ1n) is 10.7. The molecule has 1 aliphatic carbocycles. The lowest BCUT2D eigenvalue weighted by molar-refractivity contribution is -0.164. The highest BCUT2D eigenvalue weighted by atomic mass is 16.5. The van der Waals surface area contributed by atoms with Crippen LogP contribution in [0.1, 0.15) is 81.8 Å². The summed E-state index contributed by atoms with van der Waals surface area (Å²) in [6.45, 7) is 16.3. The smallest absolute Gasteiger partial charge is 0.272 e. The van der Waals surface area contributed by atoms with Crippen LogP contribution in [0.25, 0.3) is 0 Å². The largest absolute Gasteiger partial charge is 0.489 e. The summed E-state index contributed by atoms with van der Waals surface area (Å²) in [6, 6.07) is 9.56. The van der Waals surface area contributed by atoms with E-state index in [0.29, 0.717) is 11.3 Å². The Hall–Kier alpha value is -2.94. The van der Waals surface area contributed by atoms with E-state index < -0.39 is 0 Å². The van der Waals surface area contributed by atoms with Crippen LogP contribution in [-0.2, 0) is 0 Å². The van der Waals surface area contributed by atoms with Crippen LogP contribution < -0.4 is 10.1 Å². The van der Waals surface area contributed by atoms with E-state index in [9.17, 15) is 10.1 Å². The summed E-state index contributed by atoms with van der Waals surface area (Å²) in [5.41, 5.74) is 3.09. The second-order valence-corrected chi connectivity index (χ2v) is 10.1. The second-order valence-electron chi connectivity index (χ2n) is 10.1. The topological polar surface area (TPSA) is 87.9 Å². The normalized spacial score (nSPS) is 21.2. The third-order valence-electron chi connectivity index (χ3n) is 6.50. The molecule has 3 rings (SSSR count). The van der Waals surface area contributed by atoms with Crippen molar-refractivity contribution < 1.29 is 11.0 Å². The summed E-state index contributed by atoms with van der Waals surface area (Å²) in [5, 5.41) is 20.7. The minimum Gasteiger partial charge on any atom is -0.489 e. The number of hydrogen-bond donors (Lipinski definition) is 1. The van der Waals surface area contributed by atoms with Crippen LogP contribution in [0.4, 0.5) is 0 Å². The molecule has 0 atom stereocenters. The van der Waals surface area contributed by atoms with Crippen LogP contribution in [0, 0.1) is 36.0 Å². The monoisotopic (exact) mass is 422 g/mol. The molecule has 1 aromatic carbocycles. The third-order valence-corrected chi connectivity index (χ3v) is 6.50. The van der Waals surface area contributed by atoms with Gasteiger partial charge in [0, 0.05) is 18.3 Å². The molecule has 0 aliphatic heterocycles. The molecular formula is C25H34N4O2. The summed E-state index contributed by atoms with van der Waals surface area (Å²) in [4.78, 5) is 12.8. The molecule has 1 N–H and O–H groups in total. The first-order valence-corrected chi connectivity index (χ1v) is 10.7. The Kier molecular flexibility index (Phi) is 5.84. The lowest BCUT2D eigenvalue weighted by Gasteiger charge is -2.63. The van der Waals surface area contributed by atoms with Crippen molar-refractivity contribution in [2.45, 2.75) is 73.5 Å². The van der Waals surface area contributed by atoms with E-state index in [1.54, 1.807) is 6.07 Å². The van der Waals surface area contributed by atoms with Crippen molar-refractivity contribution in [3.05, 3.63) is 52.3 Å².